The standard InChI is InChI=1S/C25H22ClN5O2/c1-14(2)31-24-18(12-27-31)17(11-22(29-24)23-4-3-9-33-23)25(32)30-8-7-21-19(13-30)16-10-15(26)5-6-20(16)28-21/h3-6,9-12,14,28H,7-8,13H2,1-2H3. The second-order valence-electron chi connectivity index (χ2n) is 8.70. The van der Waals surface area contributed by atoms with Crippen LogP contribution in [0.15, 0.2) is 53.3 Å². The molecule has 0 spiro atoms. The van der Waals surface area contributed by atoms with Crippen molar-refractivity contribution in [3.63, 3.8) is 0 Å². The van der Waals surface area contributed by atoms with E-state index in [9.17, 15) is 4.79 Å². The Morgan fingerprint density at radius 3 is 2.88 bits per heavy atom. The van der Waals surface area contributed by atoms with Crippen molar-refractivity contribution < 1.29 is 9.21 Å². The molecule has 0 aliphatic carbocycles. The molecule has 1 aliphatic heterocycles. The van der Waals surface area contributed by atoms with Gasteiger partial charge in [-0.25, -0.2) is 9.67 Å². The fourth-order valence-corrected chi connectivity index (χ4v) is 4.83. The van der Waals surface area contributed by atoms with Gasteiger partial charge in [-0.05, 0) is 50.2 Å². The van der Waals surface area contributed by atoms with E-state index in [-0.39, 0.29) is 11.9 Å². The van der Waals surface area contributed by atoms with Crippen LogP contribution in [-0.2, 0) is 13.0 Å². The average Bonchev–Trinajstić information content (AvgIpc) is 3.55. The highest BCUT2D eigenvalue weighted by Gasteiger charge is 2.28. The molecular formula is C25H22ClN5O2. The van der Waals surface area contributed by atoms with Gasteiger partial charge in [0.2, 0.25) is 0 Å². The first-order valence-corrected chi connectivity index (χ1v) is 11.4. The van der Waals surface area contributed by atoms with Crippen LogP contribution in [0.25, 0.3) is 33.4 Å². The molecule has 33 heavy (non-hydrogen) atoms. The molecule has 0 fully saturated rings. The smallest absolute Gasteiger partial charge is 0.255 e. The SMILES string of the molecule is CC(C)n1ncc2c(C(=O)N3CCc4[nH]c5ccc(Cl)cc5c4C3)cc(-c3ccco3)nc21. The van der Waals surface area contributed by atoms with Gasteiger partial charge >= 0.3 is 0 Å². The zero-order chi connectivity index (χ0) is 22.7. The van der Waals surface area contributed by atoms with Crippen molar-refractivity contribution in [2.24, 2.45) is 0 Å². The Labute approximate surface area is 195 Å². The lowest BCUT2D eigenvalue weighted by molar-refractivity contribution is 0.0737. The molecule has 7 nitrogen and oxygen atoms in total. The second-order valence-corrected chi connectivity index (χ2v) is 9.14. The van der Waals surface area contributed by atoms with E-state index >= 15 is 0 Å². The van der Waals surface area contributed by atoms with E-state index in [4.69, 9.17) is 21.0 Å². The van der Waals surface area contributed by atoms with Crippen LogP contribution in [-0.4, -0.2) is 37.1 Å². The van der Waals surface area contributed by atoms with E-state index in [1.165, 1.54) is 5.69 Å². The van der Waals surface area contributed by atoms with Crippen molar-refractivity contribution in [1.82, 2.24) is 24.6 Å². The van der Waals surface area contributed by atoms with E-state index in [0.717, 1.165) is 28.3 Å². The molecule has 0 radical (unpaired) electrons. The lowest BCUT2D eigenvalue weighted by Crippen LogP contribution is -2.36. The first-order valence-electron chi connectivity index (χ1n) is 11.0. The molecule has 5 aromatic rings. The van der Waals surface area contributed by atoms with E-state index < -0.39 is 0 Å². The van der Waals surface area contributed by atoms with Gasteiger partial charge < -0.3 is 14.3 Å². The summed E-state index contributed by atoms with van der Waals surface area (Å²) in [5, 5.41) is 7.02. The molecule has 1 aliphatic rings. The second kappa shape index (κ2) is 7.49. The van der Waals surface area contributed by atoms with Gasteiger partial charge in [0.15, 0.2) is 11.4 Å². The fourth-order valence-electron chi connectivity index (χ4n) is 4.65. The number of pyridine rings is 1. The molecule has 0 atom stereocenters. The first-order chi connectivity index (χ1) is 16.0. The third kappa shape index (κ3) is 3.23. The van der Waals surface area contributed by atoms with Crippen molar-refractivity contribution in [2.45, 2.75) is 32.9 Å². The van der Waals surface area contributed by atoms with Crippen molar-refractivity contribution >= 4 is 39.4 Å². The minimum Gasteiger partial charge on any atom is -0.463 e. The minimum absolute atomic E-state index is 0.0412. The van der Waals surface area contributed by atoms with Gasteiger partial charge in [0.05, 0.1) is 23.4 Å². The van der Waals surface area contributed by atoms with E-state index in [1.807, 2.05) is 59.8 Å². The van der Waals surface area contributed by atoms with Crippen molar-refractivity contribution in [1.29, 1.82) is 0 Å². The lowest BCUT2D eigenvalue weighted by Gasteiger charge is -2.27. The van der Waals surface area contributed by atoms with Gasteiger partial charge in [-0.15, -0.1) is 0 Å². The third-order valence-corrected chi connectivity index (χ3v) is 6.52. The van der Waals surface area contributed by atoms with Gasteiger partial charge in [-0.2, -0.15) is 5.10 Å². The summed E-state index contributed by atoms with van der Waals surface area (Å²) in [5.74, 6) is 0.579. The summed E-state index contributed by atoms with van der Waals surface area (Å²) in [6.45, 7) is 5.24. The normalized spacial score (nSPS) is 13.9. The molecule has 5 heterocycles. The summed E-state index contributed by atoms with van der Waals surface area (Å²) in [6, 6.07) is 11.4. The monoisotopic (exact) mass is 459 g/mol. The molecule has 166 valence electrons. The van der Waals surface area contributed by atoms with Crippen LogP contribution in [0.4, 0.5) is 0 Å². The molecule has 0 unspecified atom stereocenters. The molecule has 1 aromatic carbocycles. The number of rotatable bonds is 3. The number of H-pyrrole nitrogens is 1. The maximum Gasteiger partial charge on any atom is 0.255 e. The number of aromatic amines is 1. The van der Waals surface area contributed by atoms with Crippen molar-refractivity contribution in [2.75, 3.05) is 6.54 Å². The summed E-state index contributed by atoms with van der Waals surface area (Å²) in [7, 11) is 0. The van der Waals surface area contributed by atoms with E-state index in [2.05, 4.69) is 10.1 Å². The molecule has 1 amide bonds. The highest BCUT2D eigenvalue weighted by atomic mass is 35.5. The number of halogens is 1. The number of hydrogen-bond donors (Lipinski definition) is 1. The number of carbonyl (C=O) groups is 1. The molecule has 0 saturated heterocycles. The molecule has 0 saturated carbocycles. The summed E-state index contributed by atoms with van der Waals surface area (Å²) < 4.78 is 7.43. The van der Waals surface area contributed by atoms with E-state index in [1.54, 1.807) is 12.5 Å². The van der Waals surface area contributed by atoms with E-state index in [0.29, 0.717) is 40.8 Å². The number of carbonyl (C=O) groups excluding carboxylic acids is 1. The van der Waals surface area contributed by atoms with Crippen LogP contribution >= 0.6 is 11.6 Å². The van der Waals surface area contributed by atoms with Gasteiger partial charge in [0.1, 0.15) is 5.69 Å². The maximum absolute atomic E-state index is 13.8. The number of aromatic nitrogens is 4. The number of nitrogens with zero attached hydrogens (tertiary/aromatic N) is 4. The minimum atomic E-state index is -0.0412. The van der Waals surface area contributed by atoms with Crippen LogP contribution < -0.4 is 0 Å². The Kier molecular flexibility index (Phi) is 4.55. The summed E-state index contributed by atoms with van der Waals surface area (Å²) in [4.78, 5) is 24.0. The number of nitrogens with one attached hydrogen (secondary N) is 1. The van der Waals surface area contributed by atoms with Crippen LogP contribution in [0.2, 0.25) is 5.02 Å². The third-order valence-electron chi connectivity index (χ3n) is 6.28. The largest absolute Gasteiger partial charge is 0.463 e. The van der Waals surface area contributed by atoms with Gasteiger partial charge in [0, 0.05) is 52.7 Å². The molecule has 4 aromatic heterocycles. The Bertz CT molecular complexity index is 1510. The van der Waals surface area contributed by atoms with Crippen LogP contribution in [0.3, 0.4) is 0 Å². The summed E-state index contributed by atoms with van der Waals surface area (Å²) in [6.07, 6.45) is 4.11. The first kappa shape index (κ1) is 20.1. The molecule has 0 bridgehead atoms. The number of hydrogen-bond acceptors (Lipinski definition) is 4. The Hall–Kier alpha value is -3.58. The average molecular weight is 460 g/mol. The zero-order valence-corrected chi connectivity index (χ0v) is 19.1. The van der Waals surface area contributed by atoms with Crippen LogP contribution in [0, 0.1) is 0 Å². The molecular weight excluding hydrogens is 438 g/mol. The predicted octanol–water partition coefficient (Wildman–Crippen LogP) is 5.61. The van der Waals surface area contributed by atoms with Crippen molar-refractivity contribution in [3.05, 3.63) is 70.7 Å². The molecule has 6 rings (SSSR count). The quantitative estimate of drug-likeness (QED) is 0.380. The Morgan fingerprint density at radius 2 is 2.09 bits per heavy atom. The Balaban J connectivity index is 1.45. The topological polar surface area (TPSA) is 80.0 Å². The van der Waals surface area contributed by atoms with Gasteiger partial charge in [-0.1, -0.05) is 11.6 Å². The molecule has 8 heteroatoms. The van der Waals surface area contributed by atoms with Crippen LogP contribution in [0.1, 0.15) is 41.5 Å². The Morgan fingerprint density at radius 1 is 1.21 bits per heavy atom. The summed E-state index contributed by atoms with van der Waals surface area (Å²) >= 11 is 6.25. The summed E-state index contributed by atoms with van der Waals surface area (Å²) in [5.41, 5.74) is 5.22. The number of benzene rings is 1. The van der Waals surface area contributed by atoms with Crippen molar-refractivity contribution in [3.8, 4) is 11.5 Å². The highest BCUT2D eigenvalue weighted by Crippen LogP contribution is 2.32. The lowest BCUT2D eigenvalue weighted by atomic mass is 10.0. The predicted molar refractivity (Wildman–Crippen MR) is 127 cm³/mol. The zero-order valence-electron chi connectivity index (χ0n) is 18.3. The number of fused-ring (bicyclic) bond motifs is 4. The van der Waals surface area contributed by atoms with Crippen LogP contribution in [0.5, 0.6) is 0 Å². The fraction of sp³-hybridized carbons (Fsp3) is 0.240. The maximum atomic E-state index is 13.8. The van der Waals surface area contributed by atoms with Gasteiger partial charge in [0.25, 0.3) is 5.91 Å². The highest BCUT2D eigenvalue weighted by molar-refractivity contribution is 6.31. The van der Waals surface area contributed by atoms with Gasteiger partial charge in [-0.3, -0.25) is 4.79 Å². The molecule has 1 N–H and O–H groups in total. The number of amides is 1. The number of furan rings is 1.